The monoisotopic (exact) mass is 266 g/mol. The lowest BCUT2D eigenvalue weighted by molar-refractivity contribution is 0.236. The van der Waals surface area contributed by atoms with Crippen molar-refractivity contribution in [1.29, 1.82) is 0 Å². The minimum Gasteiger partial charge on any atom is -0.492 e. The summed E-state index contributed by atoms with van der Waals surface area (Å²) in [5.74, 6) is 0.528. The van der Waals surface area contributed by atoms with Crippen LogP contribution in [-0.4, -0.2) is 37.2 Å². The number of nitrogens with zero attached hydrogens (tertiary/aromatic N) is 1. The van der Waals surface area contributed by atoms with Gasteiger partial charge in [-0.25, -0.2) is 4.39 Å². The molecule has 1 aliphatic rings. The van der Waals surface area contributed by atoms with E-state index in [4.69, 9.17) is 10.5 Å². The first kappa shape index (κ1) is 14.3. The van der Waals surface area contributed by atoms with Gasteiger partial charge in [-0.2, -0.15) is 0 Å². The number of hydrogen-bond donors (Lipinski definition) is 1. The normalized spacial score (nSPS) is 17.6. The summed E-state index contributed by atoms with van der Waals surface area (Å²) >= 11 is 0. The van der Waals surface area contributed by atoms with Crippen molar-refractivity contribution in [2.45, 2.75) is 32.2 Å². The van der Waals surface area contributed by atoms with Gasteiger partial charge in [0.05, 0.1) is 0 Å². The van der Waals surface area contributed by atoms with Gasteiger partial charge in [-0.3, -0.25) is 4.90 Å². The van der Waals surface area contributed by atoms with E-state index in [0.29, 0.717) is 13.0 Å². The summed E-state index contributed by atoms with van der Waals surface area (Å²) in [6, 6.07) is 4.67. The van der Waals surface area contributed by atoms with Gasteiger partial charge in [-0.05, 0) is 63.0 Å². The van der Waals surface area contributed by atoms with Gasteiger partial charge in [-0.1, -0.05) is 0 Å². The molecule has 3 nitrogen and oxygen atoms in total. The standard InChI is InChI=1S/C15H23FN2O/c1-12(17)10-13-11-14(16)4-5-15(13)19-9-8-18-6-2-3-7-18/h4-5,11-12H,2-3,6-10,17H2,1H3. The second-order valence-electron chi connectivity index (χ2n) is 5.33. The zero-order valence-electron chi connectivity index (χ0n) is 11.6. The zero-order valence-corrected chi connectivity index (χ0v) is 11.6. The van der Waals surface area contributed by atoms with Crippen LogP contribution in [0, 0.1) is 5.82 Å². The number of ether oxygens (including phenoxy) is 1. The van der Waals surface area contributed by atoms with Crippen LogP contribution in [0.3, 0.4) is 0 Å². The van der Waals surface area contributed by atoms with Crippen molar-refractivity contribution in [1.82, 2.24) is 4.90 Å². The van der Waals surface area contributed by atoms with Crippen molar-refractivity contribution >= 4 is 0 Å². The van der Waals surface area contributed by atoms with Crippen molar-refractivity contribution in [3.8, 4) is 5.75 Å². The highest BCUT2D eigenvalue weighted by Gasteiger charge is 2.12. The molecule has 2 rings (SSSR count). The molecule has 0 amide bonds. The van der Waals surface area contributed by atoms with E-state index >= 15 is 0 Å². The highest BCUT2D eigenvalue weighted by atomic mass is 19.1. The van der Waals surface area contributed by atoms with Crippen molar-refractivity contribution in [2.75, 3.05) is 26.2 Å². The number of hydrogen-bond acceptors (Lipinski definition) is 3. The van der Waals surface area contributed by atoms with Gasteiger partial charge in [0, 0.05) is 12.6 Å². The molecule has 0 aromatic heterocycles. The molecular weight excluding hydrogens is 243 g/mol. The Kier molecular flexibility index (Phi) is 5.16. The van der Waals surface area contributed by atoms with Crippen LogP contribution in [0.5, 0.6) is 5.75 Å². The number of likely N-dealkylation sites (tertiary alicyclic amines) is 1. The van der Waals surface area contributed by atoms with Gasteiger partial charge in [0.15, 0.2) is 0 Å². The molecule has 1 fully saturated rings. The van der Waals surface area contributed by atoms with Crippen LogP contribution in [0.4, 0.5) is 4.39 Å². The fourth-order valence-electron chi connectivity index (χ4n) is 2.49. The average molecular weight is 266 g/mol. The molecule has 19 heavy (non-hydrogen) atoms. The molecule has 1 aliphatic heterocycles. The molecule has 0 spiro atoms. The second kappa shape index (κ2) is 6.87. The smallest absolute Gasteiger partial charge is 0.123 e. The van der Waals surface area contributed by atoms with Crippen molar-refractivity contribution in [2.24, 2.45) is 5.73 Å². The first-order valence-electron chi connectivity index (χ1n) is 7.04. The van der Waals surface area contributed by atoms with E-state index in [1.165, 1.54) is 38.1 Å². The predicted molar refractivity (Wildman–Crippen MR) is 74.9 cm³/mol. The lowest BCUT2D eigenvalue weighted by Gasteiger charge is -2.17. The Morgan fingerprint density at radius 2 is 2.11 bits per heavy atom. The molecular formula is C15H23FN2O. The third-order valence-corrected chi connectivity index (χ3v) is 3.43. The third kappa shape index (κ3) is 4.48. The Labute approximate surface area is 114 Å². The van der Waals surface area contributed by atoms with Crippen LogP contribution in [0.15, 0.2) is 18.2 Å². The maximum Gasteiger partial charge on any atom is 0.123 e. The maximum atomic E-state index is 13.3. The van der Waals surface area contributed by atoms with Crippen molar-refractivity contribution in [3.05, 3.63) is 29.6 Å². The molecule has 0 saturated carbocycles. The van der Waals surface area contributed by atoms with Crippen LogP contribution in [-0.2, 0) is 6.42 Å². The molecule has 0 bridgehead atoms. The van der Waals surface area contributed by atoms with Crippen LogP contribution in [0.2, 0.25) is 0 Å². The summed E-state index contributed by atoms with van der Waals surface area (Å²) in [4.78, 5) is 2.40. The van der Waals surface area contributed by atoms with E-state index in [1.54, 1.807) is 6.07 Å². The molecule has 0 aliphatic carbocycles. The molecule has 1 unspecified atom stereocenters. The summed E-state index contributed by atoms with van der Waals surface area (Å²) in [5.41, 5.74) is 6.64. The van der Waals surface area contributed by atoms with E-state index in [2.05, 4.69) is 4.90 Å². The zero-order chi connectivity index (χ0) is 13.7. The fourth-order valence-corrected chi connectivity index (χ4v) is 2.49. The highest BCUT2D eigenvalue weighted by Crippen LogP contribution is 2.21. The molecule has 4 heteroatoms. The molecule has 1 aromatic carbocycles. The predicted octanol–water partition coefficient (Wildman–Crippen LogP) is 2.19. The number of rotatable bonds is 6. The van der Waals surface area contributed by atoms with Gasteiger partial charge < -0.3 is 10.5 Å². The SMILES string of the molecule is CC(N)Cc1cc(F)ccc1OCCN1CCCC1. The lowest BCUT2D eigenvalue weighted by Crippen LogP contribution is -2.25. The van der Waals surface area contributed by atoms with E-state index in [1.807, 2.05) is 6.92 Å². The maximum absolute atomic E-state index is 13.3. The molecule has 1 heterocycles. The first-order valence-corrected chi connectivity index (χ1v) is 7.04. The summed E-state index contributed by atoms with van der Waals surface area (Å²) < 4.78 is 19.1. The van der Waals surface area contributed by atoms with Gasteiger partial charge in [-0.15, -0.1) is 0 Å². The van der Waals surface area contributed by atoms with Crippen LogP contribution in [0.1, 0.15) is 25.3 Å². The largest absolute Gasteiger partial charge is 0.492 e. The Hall–Kier alpha value is -1.13. The Bertz CT molecular complexity index is 403. The van der Waals surface area contributed by atoms with Gasteiger partial charge >= 0.3 is 0 Å². The second-order valence-corrected chi connectivity index (χ2v) is 5.33. The molecule has 1 atom stereocenters. The molecule has 2 N–H and O–H groups in total. The van der Waals surface area contributed by atoms with Crippen LogP contribution < -0.4 is 10.5 Å². The molecule has 1 aromatic rings. The van der Waals surface area contributed by atoms with Crippen LogP contribution >= 0.6 is 0 Å². The lowest BCUT2D eigenvalue weighted by atomic mass is 10.1. The number of benzene rings is 1. The topological polar surface area (TPSA) is 38.5 Å². The summed E-state index contributed by atoms with van der Waals surface area (Å²) in [7, 11) is 0. The first-order chi connectivity index (χ1) is 9.15. The third-order valence-electron chi connectivity index (χ3n) is 3.43. The van der Waals surface area contributed by atoms with E-state index in [9.17, 15) is 4.39 Å². The molecule has 0 radical (unpaired) electrons. The fraction of sp³-hybridized carbons (Fsp3) is 0.600. The quantitative estimate of drug-likeness (QED) is 0.858. The highest BCUT2D eigenvalue weighted by molar-refractivity contribution is 5.34. The van der Waals surface area contributed by atoms with E-state index < -0.39 is 0 Å². The summed E-state index contributed by atoms with van der Waals surface area (Å²) in [6.07, 6.45) is 3.20. The number of nitrogens with two attached hydrogens (primary N) is 1. The molecule has 106 valence electrons. The average Bonchev–Trinajstić information content (AvgIpc) is 2.84. The van der Waals surface area contributed by atoms with Crippen LogP contribution in [0.25, 0.3) is 0 Å². The Balaban J connectivity index is 1.90. The van der Waals surface area contributed by atoms with E-state index in [-0.39, 0.29) is 11.9 Å². The van der Waals surface area contributed by atoms with E-state index in [0.717, 1.165) is 17.9 Å². The van der Waals surface area contributed by atoms with Gasteiger partial charge in [0.2, 0.25) is 0 Å². The Morgan fingerprint density at radius 1 is 1.37 bits per heavy atom. The summed E-state index contributed by atoms with van der Waals surface area (Å²) in [5, 5.41) is 0. The van der Waals surface area contributed by atoms with Crippen molar-refractivity contribution < 1.29 is 9.13 Å². The molecule has 1 saturated heterocycles. The Morgan fingerprint density at radius 3 is 2.79 bits per heavy atom. The summed E-state index contributed by atoms with van der Waals surface area (Å²) in [6.45, 7) is 5.84. The van der Waals surface area contributed by atoms with Gasteiger partial charge in [0.25, 0.3) is 0 Å². The minimum absolute atomic E-state index is 0.00253. The van der Waals surface area contributed by atoms with Gasteiger partial charge in [0.1, 0.15) is 18.2 Å². The minimum atomic E-state index is -0.234. The van der Waals surface area contributed by atoms with Crippen molar-refractivity contribution in [3.63, 3.8) is 0 Å². The number of halogens is 1.